The third kappa shape index (κ3) is 3.64. The van der Waals surface area contributed by atoms with E-state index in [1.807, 2.05) is 18.2 Å². The van der Waals surface area contributed by atoms with Gasteiger partial charge in [0.15, 0.2) is 0 Å². The molecule has 1 aliphatic rings. The van der Waals surface area contributed by atoms with Crippen LogP contribution in [0.1, 0.15) is 32.3 Å². The van der Waals surface area contributed by atoms with E-state index in [9.17, 15) is 5.26 Å². The number of rotatable bonds is 6. The molecule has 0 saturated carbocycles. The Labute approximate surface area is 128 Å². The van der Waals surface area contributed by atoms with Crippen molar-refractivity contribution in [3.8, 4) is 6.07 Å². The highest BCUT2D eigenvalue weighted by atomic mass is 16.5. The summed E-state index contributed by atoms with van der Waals surface area (Å²) in [6.07, 6.45) is 1.91. The van der Waals surface area contributed by atoms with Crippen molar-refractivity contribution in [2.75, 3.05) is 32.8 Å². The Morgan fingerprint density at radius 1 is 1.29 bits per heavy atom. The van der Waals surface area contributed by atoms with E-state index < -0.39 is 0 Å². The average Bonchev–Trinajstić information content (AvgIpc) is 2.57. The maximum absolute atomic E-state index is 9.97. The fraction of sp³-hybridized carbons (Fsp3) is 0.611. The van der Waals surface area contributed by atoms with Gasteiger partial charge in [-0.25, -0.2) is 0 Å². The van der Waals surface area contributed by atoms with Crippen molar-refractivity contribution < 1.29 is 4.74 Å². The van der Waals surface area contributed by atoms with E-state index in [1.54, 1.807) is 0 Å². The summed E-state index contributed by atoms with van der Waals surface area (Å²) in [5.41, 5.74) is 0.781. The molecule has 1 aromatic carbocycles. The quantitative estimate of drug-likeness (QED) is 0.805. The summed E-state index contributed by atoms with van der Waals surface area (Å²) in [5.74, 6) is 0.353. The van der Waals surface area contributed by atoms with E-state index >= 15 is 0 Å². The Balaban J connectivity index is 2.17. The zero-order chi connectivity index (χ0) is 15.1. The van der Waals surface area contributed by atoms with Crippen LogP contribution in [-0.4, -0.2) is 37.7 Å². The number of nitriles is 1. The van der Waals surface area contributed by atoms with Crippen LogP contribution in [0.4, 0.5) is 0 Å². The van der Waals surface area contributed by atoms with E-state index in [-0.39, 0.29) is 5.41 Å². The molecule has 0 bridgehead atoms. The molecule has 0 radical (unpaired) electrons. The molecule has 2 rings (SSSR count). The van der Waals surface area contributed by atoms with Crippen molar-refractivity contribution in [3.63, 3.8) is 0 Å². The highest BCUT2D eigenvalue weighted by Crippen LogP contribution is 2.37. The Morgan fingerprint density at radius 2 is 1.95 bits per heavy atom. The van der Waals surface area contributed by atoms with Crippen LogP contribution in [0, 0.1) is 17.2 Å². The summed E-state index contributed by atoms with van der Waals surface area (Å²) in [6, 6.07) is 13.0. The molecular weight excluding hydrogens is 260 g/mol. The predicted molar refractivity (Wildman–Crippen MR) is 85.1 cm³/mol. The van der Waals surface area contributed by atoms with Gasteiger partial charge >= 0.3 is 0 Å². The summed E-state index contributed by atoms with van der Waals surface area (Å²) in [6.45, 7) is 8.94. The van der Waals surface area contributed by atoms with Gasteiger partial charge in [-0.3, -0.25) is 4.90 Å². The zero-order valence-electron chi connectivity index (χ0n) is 13.2. The summed E-state index contributed by atoms with van der Waals surface area (Å²) < 4.78 is 5.40. The minimum Gasteiger partial charge on any atom is -0.379 e. The van der Waals surface area contributed by atoms with Crippen LogP contribution < -0.4 is 0 Å². The van der Waals surface area contributed by atoms with E-state index in [4.69, 9.17) is 4.74 Å². The molecule has 1 heterocycles. The molecule has 0 amide bonds. The van der Waals surface area contributed by atoms with Crippen LogP contribution in [0.15, 0.2) is 30.3 Å². The SMILES string of the molecule is CC[C@@H](C)[C@@](C#N)(CCN1CCOCC1)c1ccccc1. The third-order valence-electron chi connectivity index (χ3n) is 4.87. The van der Waals surface area contributed by atoms with Crippen LogP contribution in [0.2, 0.25) is 0 Å². The number of benzene rings is 1. The molecule has 2 atom stereocenters. The van der Waals surface area contributed by atoms with Gasteiger partial charge in [0.25, 0.3) is 0 Å². The molecule has 1 aliphatic heterocycles. The molecule has 0 spiro atoms. The Bertz CT molecular complexity index is 462. The van der Waals surface area contributed by atoms with Crippen molar-refractivity contribution >= 4 is 0 Å². The highest BCUT2D eigenvalue weighted by molar-refractivity contribution is 5.33. The molecule has 0 N–H and O–H groups in total. The van der Waals surface area contributed by atoms with Crippen LogP contribution >= 0.6 is 0 Å². The minimum atomic E-state index is -0.381. The molecular formula is C18H26N2O. The largest absolute Gasteiger partial charge is 0.379 e. The lowest BCUT2D eigenvalue weighted by atomic mass is 9.68. The molecule has 0 aromatic heterocycles. The third-order valence-corrected chi connectivity index (χ3v) is 4.87. The summed E-state index contributed by atoms with van der Waals surface area (Å²) in [7, 11) is 0. The lowest BCUT2D eigenvalue weighted by molar-refractivity contribution is 0.0342. The number of hydrogen-bond acceptors (Lipinski definition) is 3. The lowest BCUT2D eigenvalue weighted by Gasteiger charge is -2.36. The second-order valence-corrected chi connectivity index (χ2v) is 5.96. The van der Waals surface area contributed by atoms with Gasteiger partial charge in [0, 0.05) is 19.6 Å². The molecule has 21 heavy (non-hydrogen) atoms. The van der Waals surface area contributed by atoms with Gasteiger partial charge in [0.2, 0.25) is 0 Å². The molecule has 3 heteroatoms. The Kier molecular flexibility index (Phi) is 5.78. The molecule has 3 nitrogen and oxygen atoms in total. The van der Waals surface area contributed by atoms with Crippen molar-refractivity contribution in [1.29, 1.82) is 5.26 Å². The summed E-state index contributed by atoms with van der Waals surface area (Å²) in [5, 5.41) is 9.97. The number of nitrogens with zero attached hydrogens (tertiary/aromatic N) is 2. The first-order chi connectivity index (χ1) is 10.2. The zero-order valence-corrected chi connectivity index (χ0v) is 13.2. The number of ether oxygens (including phenoxy) is 1. The fourth-order valence-corrected chi connectivity index (χ4v) is 3.15. The molecule has 0 unspecified atom stereocenters. The van der Waals surface area contributed by atoms with E-state index in [2.05, 4.69) is 36.9 Å². The Hall–Kier alpha value is -1.37. The second-order valence-electron chi connectivity index (χ2n) is 5.96. The van der Waals surface area contributed by atoms with Crippen LogP contribution in [-0.2, 0) is 10.2 Å². The highest BCUT2D eigenvalue weighted by Gasteiger charge is 2.37. The minimum absolute atomic E-state index is 0.353. The topological polar surface area (TPSA) is 36.3 Å². The molecule has 1 aromatic rings. The first-order valence-corrected chi connectivity index (χ1v) is 8.00. The first kappa shape index (κ1) is 16.0. The first-order valence-electron chi connectivity index (χ1n) is 8.00. The van der Waals surface area contributed by atoms with E-state index in [0.29, 0.717) is 5.92 Å². The maximum Gasteiger partial charge on any atom is 0.0859 e. The van der Waals surface area contributed by atoms with Gasteiger partial charge < -0.3 is 4.74 Å². The van der Waals surface area contributed by atoms with Crippen molar-refractivity contribution in [2.24, 2.45) is 5.92 Å². The van der Waals surface area contributed by atoms with Gasteiger partial charge in [-0.15, -0.1) is 0 Å². The van der Waals surface area contributed by atoms with Gasteiger partial charge in [-0.05, 0) is 17.9 Å². The van der Waals surface area contributed by atoms with Crippen LogP contribution in [0.25, 0.3) is 0 Å². The summed E-state index contributed by atoms with van der Waals surface area (Å²) in [4.78, 5) is 2.42. The number of hydrogen-bond donors (Lipinski definition) is 0. The van der Waals surface area contributed by atoms with Crippen molar-refractivity contribution in [2.45, 2.75) is 32.1 Å². The molecule has 1 fully saturated rings. The fourth-order valence-electron chi connectivity index (χ4n) is 3.15. The lowest BCUT2D eigenvalue weighted by Crippen LogP contribution is -2.41. The van der Waals surface area contributed by atoms with Crippen molar-refractivity contribution in [3.05, 3.63) is 35.9 Å². The predicted octanol–water partition coefficient (Wildman–Crippen LogP) is 3.22. The van der Waals surface area contributed by atoms with Crippen LogP contribution in [0.3, 0.4) is 0 Å². The van der Waals surface area contributed by atoms with E-state index in [0.717, 1.165) is 51.3 Å². The van der Waals surface area contributed by atoms with Gasteiger partial charge in [-0.1, -0.05) is 50.6 Å². The second kappa shape index (κ2) is 7.59. The molecule has 114 valence electrons. The normalized spacial score (nSPS) is 20.4. The smallest absolute Gasteiger partial charge is 0.0859 e. The maximum atomic E-state index is 9.97. The van der Waals surface area contributed by atoms with E-state index in [1.165, 1.54) is 0 Å². The molecule has 1 saturated heterocycles. The monoisotopic (exact) mass is 286 g/mol. The van der Waals surface area contributed by atoms with Gasteiger partial charge in [0.05, 0.1) is 24.7 Å². The standard InChI is InChI=1S/C18H26N2O/c1-3-16(2)18(15-19,17-7-5-4-6-8-17)9-10-20-11-13-21-14-12-20/h4-8,16H,3,9-14H2,1-2H3/t16-,18+/m1/s1. The Morgan fingerprint density at radius 3 is 2.52 bits per heavy atom. The average molecular weight is 286 g/mol. The van der Waals surface area contributed by atoms with Gasteiger partial charge in [0.1, 0.15) is 0 Å². The van der Waals surface area contributed by atoms with Crippen molar-refractivity contribution in [1.82, 2.24) is 4.90 Å². The van der Waals surface area contributed by atoms with Gasteiger partial charge in [-0.2, -0.15) is 5.26 Å². The number of morpholine rings is 1. The summed E-state index contributed by atoms with van der Waals surface area (Å²) >= 11 is 0. The molecule has 0 aliphatic carbocycles. The van der Waals surface area contributed by atoms with Crippen LogP contribution in [0.5, 0.6) is 0 Å².